The second-order valence-corrected chi connectivity index (χ2v) is 6.07. The average Bonchev–Trinajstić information content (AvgIpc) is 2.42. The minimum Gasteiger partial charge on any atom is -0.388 e. The summed E-state index contributed by atoms with van der Waals surface area (Å²) in [4.78, 5) is 4.54. The molecule has 3 N–H and O–H groups in total. The normalized spacial score (nSPS) is 19.3. The van der Waals surface area contributed by atoms with Crippen molar-refractivity contribution in [2.45, 2.75) is 71.3 Å². The van der Waals surface area contributed by atoms with Gasteiger partial charge in [0, 0.05) is 13.1 Å². The Morgan fingerprint density at radius 3 is 2.50 bits per heavy atom. The number of nitrogens with zero attached hydrogens (tertiary/aromatic N) is 1. The molecule has 0 aromatic carbocycles. The fraction of sp³-hybridized carbons (Fsp3) is 0.938. The Morgan fingerprint density at radius 1 is 1.25 bits per heavy atom. The van der Waals surface area contributed by atoms with E-state index in [1.807, 2.05) is 0 Å². The van der Waals surface area contributed by atoms with Crippen molar-refractivity contribution in [3.05, 3.63) is 0 Å². The van der Waals surface area contributed by atoms with Crippen molar-refractivity contribution in [3.63, 3.8) is 0 Å². The van der Waals surface area contributed by atoms with Crippen molar-refractivity contribution in [2.75, 3.05) is 19.6 Å². The summed E-state index contributed by atoms with van der Waals surface area (Å²) in [5.74, 6) is 1.56. The highest BCUT2D eigenvalue weighted by molar-refractivity contribution is 5.79. The van der Waals surface area contributed by atoms with E-state index >= 15 is 0 Å². The summed E-state index contributed by atoms with van der Waals surface area (Å²) in [7, 11) is 0. The molecule has 1 unspecified atom stereocenters. The lowest BCUT2D eigenvalue weighted by molar-refractivity contribution is -0.0236. The summed E-state index contributed by atoms with van der Waals surface area (Å²) in [6.45, 7) is 8.92. The first-order chi connectivity index (χ1) is 9.63. The number of guanidine groups is 1. The SMILES string of the molecule is CCCCC(CC)CNC(=NCC1(O)CCC1)NCC. The van der Waals surface area contributed by atoms with Gasteiger partial charge < -0.3 is 15.7 Å². The molecule has 0 aromatic rings. The van der Waals surface area contributed by atoms with E-state index in [4.69, 9.17) is 0 Å². The number of aliphatic imine (C=N–C) groups is 1. The highest BCUT2D eigenvalue weighted by Gasteiger charge is 2.34. The van der Waals surface area contributed by atoms with Crippen molar-refractivity contribution >= 4 is 5.96 Å². The minimum absolute atomic E-state index is 0.522. The zero-order valence-corrected chi connectivity index (χ0v) is 13.5. The maximum Gasteiger partial charge on any atom is 0.191 e. The molecule has 0 aromatic heterocycles. The third-order valence-corrected chi connectivity index (χ3v) is 4.26. The summed E-state index contributed by atoms with van der Waals surface area (Å²) in [6, 6.07) is 0. The van der Waals surface area contributed by atoms with Crippen LogP contribution in [0.4, 0.5) is 0 Å². The topological polar surface area (TPSA) is 56.7 Å². The van der Waals surface area contributed by atoms with Gasteiger partial charge in [-0.3, -0.25) is 4.99 Å². The Morgan fingerprint density at radius 2 is 2.00 bits per heavy atom. The van der Waals surface area contributed by atoms with E-state index in [-0.39, 0.29) is 0 Å². The summed E-state index contributed by atoms with van der Waals surface area (Å²) in [6.07, 6.45) is 7.96. The Balaban J connectivity index is 2.38. The smallest absolute Gasteiger partial charge is 0.191 e. The van der Waals surface area contributed by atoms with E-state index in [0.29, 0.717) is 12.5 Å². The quantitative estimate of drug-likeness (QED) is 0.450. The first-order valence-electron chi connectivity index (χ1n) is 8.38. The Bertz CT molecular complexity index is 287. The molecule has 1 saturated carbocycles. The highest BCUT2D eigenvalue weighted by Crippen LogP contribution is 2.31. The maximum absolute atomic E-state index is 10.1. The molecule has 4 nitrogen and oxygen atoms in total. The van der Waals surface area contributed by atoms with Crippen LogP contribution in [0, 0.1) is 5.92 Å². The molecule has 1 aliphatic carbocycles. The predicted molar refractivity (Wildman–Crippen MR) is 86.1 cm³/mol. The third kappa shape index (κ3) is 6.12. The molecule has 0 spiro atoms. The molecular weight excluding hydrogens is 250 g/mol. The third-order valence-electron chi connectivity index (χ3n) is 4.26. The Kier molecular flexibility index (Phi) is 7.97. The molecule has 1 aliphatic rings. The standard InChI is InChI=1S/C16H33N3O/c1-4-7-9-14(5-2)12-18-15(17-6-3)19-13-16(20)10-8-11-16/h14,20H,4-13H2,1-3H3,(H2,17,18,19). The molecule has 1 rings (SSSR count). The average molecular weight is 283 g/mol. The monoisotopic (exact) mass is 283 g/mol. The van der Waals surface area contributed by atoms with Gasteiger partial charge in [-0.2, -0.15) is 0 Å². The number of unbranched alkanes of at least 4 members (excludes halogenated alkanes) is 1. The second-order valence-electron chi connectivity index (χ2n) is 6.07. The van der Waals surface area contributed by atoms with E-state index in [9.17, 15) is 5.11 Å². The molecule has 1 atom stereocenters. The first-order valence-corrected chi connectivity index (χ1v) is 8.38. The lowest BCUT2D eigenvalue weighted by Gasteiger charge is -2.35. The summed E-state index contributed by atoms with van der Waals surface area (Å²) >= 11 is 0. The molecule has 4 heteroatoms. The molecule has 0 radical (unpaired) electrons. The largest absolute Gasteiger partial charge is 0.388 e. The number of hydrogen-bond donors (Lipinski definition) is 3. The van der Waals surface area contributed by atoms with E-state index in [2.05, 4.69) is 36.4 Å². The van der Waals surface area contributed by atoms with Gasteiger partial charge >= 0.3 is 0 Å². The molecule has 0 bridgehead atoms. The van der Waals surface area contributed by atoms with Crippen LogP contribution >= 0.6 is 0 Å². The molecule has 0 amide bonds. The molecular formula is C16H33N3O. The fourth-order valence-electron chi connectivity index (χ4n) is 2.50. The fourth-order valence-corrected chi connectivity index (χ4v) is 2.50. The number of aliphatic hydroxyl groups is 1. The second kappa shape index (κ2) is 9.22. The van der Waals surface area contributed by atoms with Crippen LogP contribution in [0.15, 0.2) is 4.99 Å². The van der Waals surface area contributed by atoms with Crippen molar-refractivity contribution in [1.29, 1.82) is 0 Å². The molecule has 0 aliphatic heterocycles. The van der Waals surface area contributed by atoms with Gasteiger partial charge in [0.25, 0.3) is 0 Å². The van der Waals surface area contributed by atoms with Gasteiger partial charge in [0.1, 0.15) is 0 Å². The van der Waals surface area contributed by atoms with Gasteiger partial charge in [-0.15, -0.1) is 0 Å². The van der Waals surface area contributed by atoms with Gasteiger partial charge in [0.05, 0.1) is 12.1 Å². The zero-order valence-electron chi connectivity index (χ0n) is 13.5. The van der Waals surface area contributed by atoms with Crippen LogP contribution < -0.4 is 10.6 Å². The van der Waals surface area contributed by atoms with Crippen LogP contribution in [0.2, 0.25) is 0 Å². The van der Waals surface area contributed by atoms with Crippen LogP contribution in [0.3, 0.4) is 0 Å². The molecule has 1 fully saturated rings. The predicted octanol–water partition coefficient (Wildman–Crippen LogP) is 2.67. The van der Waals surface area contributed by atoms with E-state index in [1.165, 1.54) is 25.7 Å². The van der Waals surface area contributed by atoms with Crippen LogP contribution in [0.25, 0.3) is 0 Å². The first kappa shape index (κ1) is 17.3. The zero-order chi connectivity index (χ0) is 14.8. The summed E-state index contributed by atoms with van der Waals surface area (Å²) in [5.41, 5.74) is -0.533. The van der Waals surface area contributed by atoms with Crippen LogP contribution in [0.5, 0.6) is 0 Å². The van der Waals surface area contributed by atoms with Crippen LogP contribution in [0.1, 0.15) is 65.7 Å². The van der Waals surface area contributed by atoms with Gasteiger partial charge in [-0.05, 0) is 38.5 Å². The number of hydrogen-bond acceptors (Lipinski definition) is 2. The molecule has 0 saturated heterocycles. The van der Waals surface area contributed by atoms with Crippen molar-refractivity contribution in [1.82, 2.24) is 10.6 Å². The summed E-state index contributed by atoms with van der Waals surface area (Å²) < 4.78 is 0. The van der Waals surface area contributed by atoms with Gasteiger partial charge in [0.2, 0.25) is 0 Å². The van der Waals surface area contributed by atoms with Gasteiger partial charge in [-0.1, -0.05) is 33.1 Å². The van der Waals surface area contributed by atoms with E-state index in [0.717, 1.165) is 38.3 Å². The minimum atomic E-state index is -0.533. The van der Waals surface area contributed by atoms with Gasteiger partial charge in [-0.25, -0.2) is 0 Å². The van der Waals surface area contributed by atoms with Crippen molar-refractivity contribution in [2.24, 2.45) is 10.9 Å². The van der Waals surface area contributed by atoms with E-state index in [1.54, 1.807) is 0 Å². The number of rotatable bonds is 9. The van der Waals surface area contributed by atoms with Crippen molar-refractivity contribution < 1.29 is 5.11 Å². The van der Waals surface area contributed by atoms with E-state index < -0.39 is 5.60 Å². The Labute approximate surface area is 124 Å². The van der Waals surface area contributed by atoms with Crippen LogP contribution in [-0.4, -0.2) is 36.3 Å². The highest BCUT2D eigenvalue weighted by atomic mass is 16.3. The van der Waals surface area contributed by atoms with Gasteiger partial charge in [0.15, 0.2) is 5.96 Å². The summed E-state index contributed by atoms with van der Waals surface area (Å²) in [5, 5.41) is 16.8. The molecule has 118 valence electrons. The molecule has 20 heavy (non-hydrogen) atoms. The number of nitrogens with one attached hydrogen (secondary N) is 2. The lowest BCUT2D eigenvalue weighted by Crippen LogP contribution is -2.44. The molecule has 0 heterocycles. The van der Waals surface area contributed by atoms with Crippen molar-refractivity contribution in [3.8, 4) is 0 Å². The lowest BCUT2D eigenvalue weighted by atomic mass is 9.80. The maximum atomic E-state index is 10.1. The van der Waals surface area contributed by atoms with Crippen LogP contribution in [-0.2, 0) is 0 Å². The Hall–Kier alpha value is -0.770.